The van der Waals surface area contributed by atoms with Crippen LogP contribution in [0.3, 0.4) is 0 Å². The van der Waals surface area contributed by atoms with E-state index in [1.54, 1.807) is 0 Å². The Balaban J connectivity index is -0.000000161. The molecule has 0 bridgehead atoms. The molecule has 0 saturated heterocycles. The number of ketones is 1. The minimum atomic E-state index is -0.211. The van der Waals surface area contributed by atoms with Gasteiger partial charge in [0.15, 0.2) is 0 Å². The van der Waals surface area contributed by atoms with Crippen molar-refractivity contribution in [3.8, 4) is 0 Å². The molecule has 1 atom stereocenters. The van der Waals surface area contributed by atoms with Crippen molar-refractivity contribution < 1.29 is 15.3 Å². The van der Waals surface area contributed by atoms with Crippen LogP contribution >= 0.6 is 0 Å². The molecule has 25 heavy (non-hydrogen) atoms. The molecule has 0 aliphatic rings. The van der Waals surface area contributed by atoms with Gasteiger partial charge in [0.05, 0.1) is 0 Å². The molecule has 2 nitrogen and oxygen atoms in total. The minimum Gasteiger partial charge on any atom is -1.00 e. The molecule has 0 amide bonds. The number of carbonyl (C=O) groups excluding carboxylic acids is 2. The van der Waals surface area contributed by atoms with Crippen LogP contribution in [0.5, 0.6) is 0 Å². The Morgan fingerprint density at radius 3 is 1.84 bits per heavy atom. The Kier molecular flexibility index (Phi) is 25.9. The van der Waals surface area contributed by atoms with E-state index < -0.39 is 0 Å². The van der Waals surface area contributed by atoms with Crippen molar-refractivity contribution in [1.82, 2.24) is 0 Å². The Morgan fingerprint density at radius 1 is 0.760 bits per heavy atom. The zero-order chi connectivity index (χ0) is 17.4. The van der Waals surface area contributed by atoms with Crippen LogP contribution in [0.1, 0.15) is 123 Å². The monoisotopic (exact) mass is 376 g/mol. The summed E-state index contributed by atoms with van der Waals surface area (Å²) in [6, 6.07) is 0. The normalized spacial score (nSPS) is 12.6. The first kappa shape index (κ1) is 30.6. The molecule has 0 radical (unpaired) electrons. The number of hydrogen-bond donors (Lipinski definition) is 0. The summed E-state index contributed by atoms with van der Waals surface area (Å²) in [4.78, 5) is 23.8. The van der Waals surface area contributed by atoms with E-state index in [1.165, 1.54) is 32.1 Å². The van der Waals surface area contributed by atoms with Crippen molar-refractivity contribution in [2.45, 2.75) is 117 Å². The summed E-state index contributed by atoms with van der Waals surface area (Å²) < 4.78 is 0. The second kappa shape index (κ2) is 21.2. The van der Waals surface area contributed by atoms with E-state index in [0.29, 0.717) is 18.6 Å². The third-order valence-electron chi connectivity index (χ3n) is 5.11. The van der Waals surface area contributed by atoms with E-state index in [2.05, 4.69) is 20.8 Å². The molecule has 0 aromatic heterocycles. The molecule has 1 unspecified atom stereocenters. The van der Waals surface area contributed by atoms with E-state index >= 15 is 0 Å². The third kappa shape index (κ3) is 14.6. The van der Waals surface area contributed by atoms with Gasteiger partial charge in [-0.1, -0.05) is 78.6 Å². The molecular formula is C21H44Mg2O2. The molecule has 0 aliphatic heterocycles. The van der Waals surface area contributed by atoms with Crippen molar-refractivity contribution >= 4 is 58.2 Å². The summed E-state index contributed by atoms with van der Waals surface area (Å²) in [5.41, 5.74) is -0.211. The van der Waals surface area contributed by atoms with Gasteiger partial charge in [0, 0.05) is 18.3 Å². The summed E-state index contributed by atoms with van der Waals surface area (Å²) in [6.07, 6.45) is 16.8. The van der Waals surface area contributed by atoms with Crippen LogP contribution in [-0.4, -0.2) is 58.2 Å². The van der Waals surface area contributed by atoms with E-state index in [1.807, 2.05) is 0 Å². The average molecular weight is 377 g/mol. The molecule has 0 heterocycles. The summed E-state index contributed by atoms with van der Waals surface area (Å²) in [6.45, 7) is 6.56. The van der Waals surface area contributed by atoms with Crippen LogP contribution in [-0.2, 0) is 9.59 Å². The van der Waals surface area contributed by atoms with Gasteiger partial charge >= 0.3 is 46.1 Å². The average Bonchev–Trinajstić information content (AvgIpc) is 2.57. The van der Waals surface area contributed by atoms with Crippen molar-refractivity contribution in [2.75, 3.05) is 0 Å². The van der Waals surface area contributed by atoms with E-state index in [0.717, 1.165) is 57.7 Å². The maximum Gasteiger partial charge on any atom is 2.00 e. The third-order valence-corrected chi connectivity index (χ3v) is 5.11. The first-order valence-corrected chi connectivity index (χ1v) is 10.1. The van der Waals surface area contributed by atoms with Crippen LogP contribution in [0.15, 0.2) is 0 Å². The fraction of sp³-hybridized carbons (Fsp3) is 0.905. The van der Waals surface area contributed by atoms with Crippen molar-refractivity contribution in [3.05, 3.63) is 0 Å². The standard InChI is InChI=1S/C21H40O2.2Mg.4H/c1-4-7-10-11-12-13-17-21(16-9-6-3,18-14-19-22)20(23)15-8-5-2;;;;;;/h19H,4-18H2,1-3H3;;;;;;/q;2*+2;4*-1. The largest absolute Gasteiger partial charge is 2.00 e. The Hall–Kier alpha value is 0.872. The van der Waals surface area contributed by atoms with Crippen LogP contribution in [0, 0.1) is 5.41 Å². The number of aldehydes is 1. The zero-order valence-corrected chi connectivity index (χ0v) is 20.2. The minimum absolute atomic E-state index is 0. The second-order valence-electron chi connectivity index (χ2n) is 7.13. The molecule has 0 fully saturated rings. The molecule has 144 valence electrons. The summed E-state index contributed by atoms with van der Waals surface area (Å²) in [7, 11) is 0. The Morgan fingerprint density at radius 2 is 1.28 bits per heavy atom. The van der Waals surface area contributed by atoms with Gasteiger partial charge < -0.3 is 10.5 Å². The summed E-state index contributed by atoms with van der Waals surface area (Å²) in [5, 5.41) is 0. The Labute approximate surface area is 195 Å². The maximum absolute atomic E-state index is 12.9. The number of carbonyl (C=O) groups is 2. The fourth-order valence-electron chi connectivity index (χ4n) is 3.49. The molecule has 0 saturated carbocycles. The van der Waals surface area contributed by atoms with Gasteiger partial charge in [-0.05, 0) is 25.7 Å². The summed E-state index contributed by atoms with van der Waals surface area (Å²) >= 11 is 0. The van der Waals surface area contributed by atoms with Gasteiger partial charge in [-0.15, -0.1) is 0 Å². The molecule has 0 aromatic rings. The van der Waals surface area contributed by atoms with Crippen molar-refractivity contribution in [2.24, 2.45) is 5.41 Å². The van der Waals surface area contributed by atoms with Gasteiger partial charge in [0.25, 0.3) is 0 Å². The van der Waals surface area contributed by atoms with Gasteiger partial charge in [0.1, 0.15) is 12.1 Å². The molecule has 0 spiro atoms. The van der Waals surface area contributed by atoms with E-state index in [4.69, 9.17) is 0 Å². The zero-order valence-electron chi connectivity index (χ0n) is 21.4. The second-order valence-corrected chi connectivity index (χ2v) is 7.13. The van der Waals surface area contributed by atoms with Crippen molar-refractivity contribution in [1.29, 1.82) is 0 Å². The van der Waals surface area contributed by atoms with E-state index in [-0.39, 0.29) is 57.2 Å². The predicted octanol–water partition coefficient (Wildman–Crippen LogP) is 6.34. The molecule has 0 N–H and O–H groups in total. The first-order valence-electron chi connectivity index (χ1n) is 10.1. The SMILES string of the molecule is CCCCCCCCC(CCC=O)(CCCC)C(=O)CCCC.[H-].[H-].[H-].[H-].[Mg+2].[Mg+2]. The molecule has 4 heteroatoms. The van der Waals surface area contributed by atoms with Crippen LogP contribution in [0.4, 0.5) is 0 Å². The Bertz CT molecular complexity index is 325. The van der Waals surface area contributed by atoms with Gasteiger partial charge in [-0.2, -0.15) is 0 Å². The van der Waals surface area contributed by atoms with Gasteiger partial charge in [0.2, 0.25) is 0 Å². The predicted molar refractivity (Wildman–Crippen MR) is 116 cm³/mol. The van der Waals surface area contributed by atoms with Gasteiger partial charge in [-0.25, -0.2) is 0 Å². The quantitative estimate of drug-likeness (QED) is 0.168. The van der Waals surface area contributed by atoms with E-state index in [9.17, 15) is 9.59 Å². The number of unbranched alkanes of at least 4 members (excludes halogenated alkanes) is 7. The molecule has 0 aromatic carbocycles. The molecule has 0 rings (SSSR count). The number of rotatable bonds is 17. The maximum atomic E-state index is 12.9. The van der Waals surface area contributed by atoms with Crippen LogP contribution in [0.25, 0.3) is 0 Å². The van der Waals surface area contributed by atoms with Crippen molar-refractivity contribution in [3.63, 3.8) is 0 Å². The molecule has 0 aliphatic carbocycles. The fourth-order valence-corrected chi connectivity index (χ4v) is 3.49. The summed E-state index contributed by atoms with van der Waals surface area (Å²) in [5.74, 6) is 0.434. The number of Topliss-reactive ketones (excluding diaryl/α,β-unsaturated/α-hetero) is 1. The smallest absolute Gasteiger partial charge is 1.00 e. The van der Waals surface area contributed by atoms with Crippen LogP contribution < -0.4 is 0 Å². The molecular weight excluding hydrogens is 333 g/mol. The number of hydrogen-bond acceptors (Lipinski definition) is 2. The van der Waals surface area contributed by atoms with Crippen LogP contribution in [0.2, 0.25) is 0 Å². The van der Waals surface area contributed by atoms with Gasteiger partial charge in [-0.3, -0.25) is 4.79 Å². The first-order chi connectivity index (χ1) is 11.2. The topological polar surface area (TPSA) is 34.1 Å².